The summed E-state index contributed by atoms with van der Waals surface area (Å²) >= 11 is 0. The van der Waals surface area contributed by atoms with Crippen LogP contribution in [0.3, 0.4) is 0 Å². The van der Waals surface area contributed by atoms with Gasteiger partial charge < -0.3 is 9.32 Å². The van der Waals surface area contributed by atoms with Gasteiger partial charge in [0, 0.05) is 11.1 Å². The van der Waals surface area contributed by atoms with Crippen LogP contribution in [0.1, 0.15) is 22.9 Å². The largest absolute Gasteiger partial charge is 0.463 e. The summed E-state index contributed by atoms with van der Waals surface area (Å²) in [6, 6.07) is 22.0. The SMILES string of the molecule is C(=N\N1CC[NH+](C2c3ccccc3-c3ccccc32)CC1)/c1ccco1. The van der Waals surface area contributed by atoms with Crippen LogP contribution in [0.5, 0.6) is 0 Å². The van der Waals surface area contributed by atoms with E-state index in [4.69, 9.17) is 4.42 Å². The highest BCUT2D eigenvalue weighted by Crippen LogP contribution is 2.41. The van der Waals surface area contributed by atoms with Gasteiger partial charge in [0.25, 0.3) is 0 Å². The molecule has 2 aliphatic rings. The molecule has 4 nitrogen and oxygen atoms in total. The molecule has 3 aromatic rings. The van der Waals surface area contributed by atoms with Gasteiger partial charge in [0.05, 0.1) is 38.7 Å². The zero-order chi connectivity index (χ0) is 17.3. The molecule has 1 saturated heterocycles. The maximum atomic E-state index is 5.32. The van der Waals surface area contributed by atoms with Gasteiger partial charge in [0.1, 0.15) is 11.8 Å². The third-order valence-electron chi connectivity index (χ3n) is 5.52. The summed E-state index contributed by atoms with van der Waals surface area (Å²) < 4.78 is 5.32. The molecule has 26 heavy (non-hydrogen) atoms. The van der Waals surface area contributed by atoms with E-state index in [1.54, 1.807) is 11.2 Å². The van der Waals surface area contributed by atoms with Gasteiger partial charge in [-0.15, -0.1) is 0 Å². The Balaban J connectivity index is 1.35. The van der Waals surface area contributed by atoms with E-state index >= 15 is 0 Å². The van der Waals surface area contributed by atoms with Crippen LogP contribution in [-0.4, -0.2) is 37.4 Å². The summed E-state index contributed by atoms with van der Waals surface area (Å²) in [5.41, 5.74) is 5.74. The minimum absolute atomic E-state index is 0.443. The molecule has 0 atom stereocenters. The van der Waals surface area contributed by atoms with Gasteiger partial charge in [-0.2, -0.15) is 5.10 Å². The van der Waals surface area contributed by atoms with Crippen LogP contribution in [-0.2, 0) is 0 Å². The fraction of sp³-hybridized carbons (Fsp3) is 0.227. The molecule has 5 rings (SSSR count). The predicted molar refractivity (Wildman–Crippen MR) is 102 cm³/mol. The van der Waals surface area contributed by atoms with Gasteiger partial charge in [-0.25, -0.2) is 0 Å². The summed E-state index contributed by atoms with van der Waals surface area (Å²) in [7, 11) is 0. The molecular formula is C22H22N3O+. The van der Waals surface area contributed by atoms with Crippen molar-refractivity contribution in [2.45, 2.75) is 6.04 Å². The van der Waals surface area contributed by atoms with E-state index in [9.17, 15) is 0 Å². The lowest BCUT2D eigenvalue weighted by Crippen LogP contribution is -3.14. The molecule has 0 amide bonds. The zero-order valence-electron chi connectivity index (χ0n) is 14.6. The van der Waals surface area contributed by atoms with Crippen molar-refractivity contribution in [1.82, 2.24) is 5.01 Å². The number of nitrogens with zero attached hydrogens (tertiary/aromatic N) is 2. The second-order valence-electron chi connectivity index (χ2n) is 6.98. The third-order valence-corrected chi connectivity index (χ3v) is 5.52. The first kappa shape index (κ1) is 15.4. The second-order valence-corrected chi connectivity index (χ2v) is 6.98. The number of benzene rings is 2. The molecule has 0 unspecified atom stereocenters. The lowest BCUT2D eigenvalue weighted by molar-refractivity contribution is -0.929. The Kier molecular flexibility index (Phi) is 3.83. The van der Waals surface area contributed by atoms with E-state index in [1.165, 1.54) is 22.3 Å². The molecule has 0 spiro atoms. The van der Waals surface area contributed by atoms with Crippen LogP contribution < -0.4 is 4.90 Å². The summed E-state index contributed by atoms with van der Waals surface area (Å²) in [6.07, 6.45) is 3.49. The summed E-state index contributed by atoms with van der Waals surface area (Å²) in [5.74, 6) is 0.804. The first-order chi connectivity index (χ1) is 12.9. The monoisotopic (exact) mass is 344 g/mol. The van der Waals surface area contributed by atoms with Gasteiger partial charge >= 0.3 is 0 Å². The molecule has 2 heterocycles. The van der Waals surface area contributed by atoms with Crippen molar-refractivity contribution in [2.24, 2.45) is 5.10 Å². The molecular weight excluding hydrogens is 322 g/mol. The lowest BCUT2D eigenvalue weighted by Gasteiger charge is -2.34. The fourth-order valence-corrected chi connectivity index (χ4v) is 4.28. The lowest BCUT2D eigenvalue weighted by atomic mass is 10.0. The van der Waals surface area contributed by atoms with Crippen molar-refractivity contribution >= 4 is 6.21 Å². The molecule has 1 aliphatic carbocycles. The average Bonchev–Trinajstić information content (AvgIpc) is 3.33. The normalized spacial score (nSPS) is 17.6. The number of hydrogen-bond donors (Lipinski definition) is 1. The first-order valence-electron chi connectivity index (χ1n) is 9.25. The second kappa shape index (κ2) is 6.46. The Morgan fingerprint density at radius 3 is 2.15 bits per heavy atom. The molecule has 1 fully saturated rings. The fourth-order valence-electron chi connectivity index (χ4n) is 4.28. The van der Waals surface area contributed by atoms with Crippen molar-refractivity contribution < 1.29 is 9.32 Å². The van der Waals surface area contributed by atoms with Crippen molar-refractivity contribution in [1.29, 1.82) is 0 Å². The number of quaternary nitrogens is 1. The van der Waals surface area contributed by atoms with E-state index < -0.39 is 0 Å². The number of piperazine rings is 1. The Bertz CT molecular complexity index is 879. The molecule has 0 radical (unpaired) electrons. The van der Waals surface area contributed by atoms with Crippen LogP contribution in [0.25, 0.3) is 11.1 Å². The molecule has 4 heteroatoms. The molecule has 1 aromatic heterocycles. The van der Waals surface area contributed by atoms with Crippen LogP contribution in [0.4, 0.5) is 0 Å². The topological polar surface area (TPSA) is 33.2 Å². The minimum Gasteiger partial charge on any atom is -0.463 e. The van der Waals surface area contributed by atoms with E-state index in [1.807, 2.05) is 18.3 Å². The third kappa shape index (κ3) is 2.63. The van der Waals surface area contributed by atoms with Gasteiger partial charge in [0.2, 0.25) is 0 Å². The molecule has 1 N–H and O–H groups in total. The highest BCUT2D eigenvalue weighted by Gasteiger charge is 2.37. The number of hydrogen-bond acceptors (Lipinski definition) is 3. The quantitative estimate of drug-likeness (QED) is 0.741. The summed E-state index contributed by atoms with van der Waals surface area (Å²) in [5, 5.41) is 6.73. The Hall–Kier alpha value is -2.85. The van der Waals surface area contributed by atoms with Gasteiger partial charge in [-0.05, 0) is 23.3 Å². The van der Waals surface area contributed by atoms with E-state index in [0.717, 1.165) is 31.9 Å². The predicted octanol–water partition coefficient (Wildman–Crippen LogP) is 2.58. The maximum Gasteiger partial charge on any atom is 0.146 e. The maximum absolute atomic E-state index is 5.32. The van der Waals surface area contributed by atoms with Crippen LogP contribution in [0.15, 0.2) is 76.4 Å². The van der Waals surface area contributed by atoms with Crippen LogP contribution >= 0.6 is 0 Å². The molecule has 1 aliphatic heterocycles. The molecule has 130 valence electrons. The summed E-state index contributed by atoms with van der Waals surface area (Å²) in [6.45, 7) is 4.10. The van der Waals surface area contributed by atoms with Crippen LogP contribution in [0.2, 0.25) is 0 Å². The Morgan fingerprint density at radius 2 is 1.54 bits per heavy atom. The highest BCUT2D eigenvalue weighted by molar-refractivity contribution is 5.78. The van der Waals surface area contributed by atoms with Crippen molar-refractivity contribution in [2.75, 3.05) is 26.2 Å². The number of fused-ring (bicyclic) bond motifs is 3. The number of furan rings is 1. The minimum atomic E-state index is 0.443. The first-order valence-corrected chi connectivity index (χ1v) is 9.25. The molecule has 2 aromatic carbocycles. The van der Waals surface area contributed by atoms with Crippen molar-refractivity contribution in [3.63, 3.8) is 0 Å². The van der Waals surface area contributed by atoms with E-state index in [-0.39, 0.29) is 0 Å². The van der Waals surface area contributed by atoms with Crippen molar-refractivity contribution in [3.05, 3.63) is 83.8 Å². The van der Waals surface area contributed by atoms with Crippen molar-refractivity contribution in [3.8, 4) is 11.1 Å². The number of hydrazone groups is 1. The smallest absolute Gasteiger partial charge is 0.146 e. The van der Waals surface area contributed by atoms with Gasteiger partial charge in [-0.1, -0.05) is 48.5 Å². The Labute approximate surface area is 153 Å². The average molecular weight is 344 g/mol. The zero-order valence-corrected chi connectivity index (χ0v) is 14.6. The number of nitrogens with one attached hydrogen (secondary N) is 1. The number of rotatable bonds is 3. The van der Waals surface area contributed by atoms with E-state index in [0.29, 0.717) is 6.04 Å². The van der Waals surface area contributed by atoms with Crippen LogP contribution in [0, 0.1) is 0 Å². The molecule has 0 bridgehead atoms. The highest BCUT2D eigenvalue weighted by atomic mass is 16.3. The summed E-state index contributed by atoms with van der Waals surface area (Å²) in [4.78, 5) is 1.63. The molecule has 0 saturated carbocycles. The van der Waals surface area contributed by atoms with Gasteiger partial charge in [0.15, 0.2) is 0 Å². The van der Waals surface area contributed by atoms with E-state index in [2.05, 4.69) is 58.6 Å². The standard InChI is InChI=1S/C22H21N3O/c1-3-9-20-18(7-1)19-8-2-4-10-21(19)22(20)24-11-13-25(14-12-24)23-16-17-6-5-15-26-17/h1-10,15-16,22H,11-14H2/p+1/b23-16+. The van der Waals surface area contributed by atoms with Gasteiger partial charge in [-0.3, -0.25) is 5.01 Å². The Morgan fingerprint density at radius 1 is 0.885 bits per heavy atom.